The van der Waals surface area contributed by atoms with Gasteiger partial charge < -0.3 is 0 Å². The zero-order valence-corrected chi connectivity index (χ0v) is 10.3. The Bertz CT molecular complexity index is 219. The maximum Gasteiger partial charge on any atom is 0.0227 e. The monoisotopic (exact) mass is 193 g/mol. The highest BCUT2D eigenvalue weighted by Gasteiger charge is 2.37. The third-order valence-corrected chi connectivity index (χ3v) is 3.01. The topological polar surface area (TPSA) is 12.4 Å². The quantitative estimate of drug-likeness (QED) is 0.553. The Hall–Kier alpha value is -0.590. The van der Waals surface area contributed by atoms with E-state index in [2.05, 4.69) is 58.8 Å². The predicted molar refractivity (Wildman–Crippen MR) is 63.5 cm³/mol. The molecule has 1 heterocycles. The van der Waals surface area contributed by atoms with E-state index < -0.39 is 0 Å². The van der Waals surface area contributed by atoms with Gasteiger partial charge in [0.05, 0.1) is 0 Å². The molecule has 0 amide bonds. The molecule has 80 valence electrons. The van der Waals surface area contributed by atoms with Crippen molar-refractivity contribution in [3.8, 4) is 0 Å². The Kier molecular flexibility index (Phi) is 2.89. The number of nitrogens with zero attached hydrogens (tertiary/aromatic N) is 1. The lowest BCUT2D eigenvalue weighted by Gasteiger charge is -2.41. The van der Waals surface area contributed by atoms with Crippen LogP contribution in [0.5, 0.6) is 0 Å². The van der Waals surface area contributed by atoms with Gasteiger partial charge in [0.15, 0.2) is 0 Å². The molecule has 0 aromatic rings. The number of hydrogen-bond acceptors (Lipinski definition) is 1. The van der Waals surface area contributed by atoms with Crippen LogP contribution in [0, 0.1) is 22.7 Å². The summed E-state index contributed by atoms with van der Waals surface area (Å²) < 4.78 is 0. The van der Waals surface area contributed by atoms with Crippen LogP contribution in [0.3, 0.4) is 0 Å². The summed E-state index contributed by atoms with van der Waals surface area (Å²) in [4.78, 5) is 4.28. The van der Waals surface area contributed by atoms with Crippen molar-refractivity contribution in [1.82, 2.24) is 0 Å². The van der Waals surface area contributed by atoms with Crippen molar-refractivity contribution >= 4 is 6.21 Å². The molecule has 1 aliphatic rings. The van der Waals surface area contributed by atoms with Crippen LogP contribution in [0.15, 0.2) is 17.3 Å². The zero-order valence-electron chi connectivity index (χ0n) is 10.3. The SMILES string of the molecule is CC(C)(C)C1C=CN=CC1C(C)(C)C. The fourth-order valence-electron chi connectivity index (χ4n) is 2.09. The van der Waals surface area contributed by atoms with Gasteiger partial charge in [0.2, 0.25) is 0 Å². The molecular weight excluding hydrogens is 170 g/mol. The van der Waals surface area contributed by atoms with Crippen LogP contribution in [0.4, 0.5) is 0 Å². The second-order valence-corrected chi connectivity index (χ2v) is 6.42. The van der Waals surface area contributed by atoms with Crippen molar-refractivity contribution in [2.24, 2.45) is 27.7 Å². The third kappa shape index (κ3) is 2.46. The predicted octanol–water partition coefficient (Wildman–Crippen LogP) is 3.91. The van der Waals surface area contributed by atoms with E-state index in [-0.39, 0.29) is 0 Å². The minimum atomic E-state index is 0.298. The first-order valence-corrected chi connectivity index (χ1v) is 5.43. The summed E-state index contributed by atoms with van der Waals surface area (Å²) in [5, 5.41) is 0. The lowest BCUT2D eigenvalue weighted by molar-refractivity contribution is 0.159. The van der Waals surface area contributed by atoms with E-state index in [4.69, 9.17) is 0 Å². The van der Waals surface area contributed by atoms with Gasteiger partial charge in [-0.25, -0.2) is 0 Å². The van der Waals surface area contributed by atoms with Gasteiger partial charge in [-0.3, -0.25) is 4.99 Å². The van der Waals surface area contributed by atoms with E-state index >= 15 is 0 Å². The van der Waals surface area contributed by atoms with Gasteiger partial charge in [-0.15, -0.1) is 0 Å². The Labute approximate surface area is 88.3 Å². The van der Waals surface area contributed by atoms with Crippen molar-refractivity contribution in [2.75, 3.05) is 0 Å². The smallest absolute Gasteiger partial charge is 0.0227 e. The minimum absolute atomic E-state index is 0.298. The van der Waals surface area contributed by atoms with Crippen LogP contribution in [0.25, 0.3) is 0 Å². The summed E-state index contributed by atoms with van der Waals surface area (Å²) in [6.07, 6.45) is 6.32. The molecule has 0 radical (unpaired) electrons. The first-order valence-electron chi connectivity index (χ1n) is 5.43. The number of aliphatic imine (C=N–C) groups is 1. The highest BCUT2D eigenvalue weighted by molar-refractivity contribution is 5.65. The van der Waals surface area contributed by atoms with E-state index in [0.29, 0.717) is 22.7 Å². The van der Waals surface area contributed by atoms with E-state index in [1.54, 1.807) is 0 Å². The first-order chi connectivity index (χ1) is 6.23. The van der Waals surface area contributed by atoms with Crippen molar-refractivity contribution in [2.45, 2.75) is 41.5 Å². The summed E-state index contributed by atoms with van der Waals surface area (Å²) in [6, 6.07) is 0. The normalized spacial score (nSPS) is 28.1. The highest BCUT2D eigenvalue weighted by atomic mass is 14.7. The van der Waals surface area contributed by atoms with Gasteiger partial charge >= 0.3 is 0 Å². The number of hydrogen-bond donors (Lipinski definition) is 0. The van der Waals surface area contributed by atoms with Crippen LogP contribution in [0.2, 0.25) is 0 Å². The van der Waals surface area contributed by atoms with Gasteiger partial charge in [0.1, 0.15) is 0 Å². The summed E-state index contributed by atoms with van der Waals surface area (Å²) in [5.74, 6) is 1.15. The van der Waals surface area contributed by atoms with Crippen LogP contribution < -0.4 is 0 Å². The van der Waals surface area contributed by atoms with E-state index in [9.17, 15) is 0 Å². The average Bonchev–Trinajstić information content (AvgIpc) is 2.01. The van der Waals surface area contributed by atoms with Crippen molar-refractivity contribution in [3.63, 3.8) is 0 Å². The Morgan fingerprint density at radius 1 is 0.857 bits per heavy atom. The van der Waals surface area contributed by atoms with Gasteiger partial charge in [-0.05, 0) is 16.7 Å². The molecule has 1 rings (SSSR count). The maximum absolute atomic E-state index is 4.28. The van der Waals surface area contributed by atoms with E-state index in [1.807, 2.05) is 6.20 Å². The second-order valence-electron chi connectivity index (χ2n) is 6.42. The maximum atomic E-state index is 4.28. The summed E-state index contributed by atoms with van der Waals surface area (Å²) in [6.45, 7) is 13.8. The summed E-state index contributed by atoms with van der Waals surface area (Å²) in [5.41, 5.74) is 0.618. The van der Waals surface area contributed by atoms with Crippen molar-refractivity contribution in [1.29, 1.82) is 0 Å². The van der Waals surface area contributed by atoms with E-state index in [0.717, 1.165) is 0 Å². The lowest BCUT2D eigenvalue weighted by atomic mass is 9.64. The summed E-state index contributed by atoms with van der Waals surface area (Å²) >= 11 is 0. The molecule has 0 saturated heterocycles. The zero-order chi connectivity index (χ0) is 11.0. The number of allylic oxidation sites excluding steroid dienone is 1. The molecule has 0 aliphatic carbocycles. The average molecular weight is 193 g/mol. The molecule has 1 heteroatoms. The molecule has 14 heavy (non-hydrogen) atoms. The van der Waals surface area contributed by atoms with Crippen LogP contribution in [-0.4, -0.2) is 6.21 Å². The molecule has 1 nitrogen and oxygen atoms in total. The molecule has 0 aromatic carbocycles. The fraction of sp³-hybridized carbons (Fsp3) is 0.769. The van der Waals surface area contributed by atoms with Gasteiger partial charge in [-0.1, -0.05) is 47.6 Å². The van der Waals surface area contributed by atoms with Crippen LogP contribution >= 0.6 is 0 Å². The van der Waals surface area contributed by atoms with Gasteiger partial charge in [-0.2, -0.15) is 0 Å². The summed E-state index contributed by atoms with van der Waals surface area (Å²) in [7, 11) is 0. The van der Waals surface area contributed by atoms with Crippen molar-refractivity contribution in [3.05, 3.63) is 12.3 Å². The molecule has 2 atom stereocenters. The lowest BCUT2D eigenvalue weighted by Crippen LogP contribution is -2.36. The van der Waals surface area contributed by atoms with Crippen LogP contribution in [-0.2, 0) is 0 Å². The second kappa shape index (κ2) is 3.52. The van der Waals surface area contributed by atoms with Crippen molar-refractivity contribution < 1.29 is 0 Å². The largest absolute Gasteiger partial charge is 0.269 e. The molecule has 0 fully saturated rings. The Balaban J connectivity index is 2.94. The third-order valence-electron chi connectivity index (χ3n) is 3.01. The molecule has 0 spiro atoms. The highest BCUT2D eigenvalue weighted by Crippen LogP contribution is 2.42. The molecule has 2 unspecified atom stereocenters. The number of rotatable bonds is 0. The Morgan fingerprint density at radius 2 is 1.36 bits per heavy atom. The molecular formula is C13H23N. The molecule has 0 saturated carbocycles. The first kappa shape index (κ1) is 11.5. The fourth-order valence-corrected chi connectivity index (χ4v) is 2.09. The minimum Gasteiger partial charge on any atom is -0.269 e. The standard InChI is InChI=1S/C13H23N/c1-12(2,3)10-7-8-14-9-11(10)13(4,5)6/h7-11H,1-6H3. The molecule has 0 bridgehead atoms. The van der Waals surface area contributed by atoms with E-state index in [1.165, 1.54) is 0 Å². The molecule has 0 aromatic heterocycles. The van der Waals surface area contributed by atoms with Crippen LogP contribution in [0.1, 0.15) is 41.5 Å². The molecule has 1 aliphatic heterocycles. The van der Waals surface area contributed by atoms with Gasteiger partial charge in [0.25, 0.3) is 0 Å². The van der Waals surface area contributed by atoms with Gasteiger partial charge in [0, 0.05) is 18.3 Å². The molecule has 0 N–H and O–H groups in total. The Morgan fingerprint density at radius 3 is 1.71 bits per heavy atom.